The van der Waals surface area contributed by atoms with E-state index in [9.17, 15) is 4.39 Å². The second-order valence-corrected chi connectivity index (χ2v) is 4.54. The highest BCUT2D eigenvalue weighted by Gasteiger charge is 2.10. The number of hydrogen-bond donors (Lipinski definition) is 0. The summed E-state index contributed by atoms with van der Waals surface area (Å²) < 4.78 is 18.4. The van der Waals surface area contributed by atoms with Crippen molar-refractivity contribution < 1.29 is 8.91 Å². The molecule has 0 atom stereocenters. The van der Waals surface area contributed by atoms with Gasteiger partial charge in [0.05, 0.1) is 5.69 Å². The zero-order chi connectivity index (χ0) is 11.5. The second kappa shape index (κ2) is 4.70. The van der Waals surface area contributed by atoms with Crippen molar-refractivity contribution >= 4 is 11.8 Å². The van der Waals surface area contributed by atoms with Crippen molar-refractivity contribution in [1.29, 1.82) is 0 Å². The molecular formula is C12H12FNOS. The number of rotatable bonds is 3. The van der Waals surface area contributed by atoms with Crippen LogP contribution in [0.3, 0.4) is 0 Å². The van der Waals surface area contributed by atoms with Crippen LogP contribution in [0.15, 0.2) is 33.7 Å². The molecule has 1 heterocycles. The molecular weight excluding hydrogens is 225 g/mol. The van der Waals surface area contributed by atoms with E-state index in [2.05, 4.69) is 5.16 Å². The van der Waals surface area contributed by atoms with Crippen molar-refractivity contribution in [2.75, 3.05) is 0 Å². The Morgan fingerprint density at radius 3 is 2.69 bits per heavy atom. The largest absolute Gasteiger partial charge is 0.361 e. The summed E-state index contributed by atoms with van der Waals surface area (Å²) in [5, 5.41) is 3.87. The van der Waals surface area contributed by atoms with Crippen LogP contribution in [0.25, 0.3) is 0 Å². The Hall–Kier alpha value is -1.29. The molecule has 0 saturated carbocycles. The molecule has 16 heavy (non-hydrogen) atoms. The van der Waals surface area contributed by atoms with E-state index in [-0.39, 0.29) is 5.82 Å². The first-order valence-electron chi connectivity index (χ1n) is 4.97. The average molecular weight is 237 g/mol. The van der Waals surface area contributed by atoms with Crippen molar-refractivity contribution in [3.05, 3.63) is 47.1 Å². The molecule has 1 aromatic carbocycles. The molecule has 0 bridgehead atoms. The third kappa shape index (κ3) is 2.27. The standard InChI is InChI=1S/C12H12FNOS/c1-8-10(9(2)15-14-8)7-16-12-6-4-3-5-11(12)13/h3-6H,7H2,1-2H3. The fraction of sp³-hybridized carbons (Fsp3) is 0.250. The molecule has 0 aliphatic carbocycles. The Morgan fingerprint density at radius 1 is 1.31 bits per heavy atom. The molecule has 2 nitrogen and oxygen atoms in total. The zero-order valence-corrected chi connectivity index (χ0v) is 9.97. The van der Waals surface area contributed by atoms with Gasteiger partial charge < -0.3 is 4.52 Å². The van der Waals surface area contributed by atoms with Gasteiger partial charge in [-0.15, -0.1) is 11.8 Å². The SMILES string of the molecule is Cc1noc(C)c1CSc1ccccc1F. The van der Waals surface area contributed by atoms with E-state index >= 15 is 0 Å². The third-order valence-electron chi connectivity index (χ3n) is 2.39. The van der Waals surface area contributed by atoms with Crippen molar-refractivity contribution in [1.82, 2.24) is 5.16 Å². The molecule has 0 unspecified atom stereocenters. The first-order chi connectivity index (χ1) is 7.68. The smallest absolute Gasteiger partial charge is 0.137 e. The molecule has 84 valence electrons. The van der Waals surface area contributed by atoms with E-state index in [0.29, 0.717) is 10.6 Å². The number of aryl methyl sites for hydroxylation is 2. The van der Waals surface area contributed by atoms with Gasteiger partial charge in [0.1, 0.15) is 11.6 Å². The zero-order valence-electron chi connectivity index (χ0n) is 9.16. The average Bonchev–Trinajstić information content (AvgIpc) is 2.58. The van der Waals surface area contributed by atoms with Crippen LogP contribution in [-0.2, 0) is 5.75 Å². The molecule has 1 aromatic heterocycles. The predicted molar refractivity (Wildman–Crippen MR) is 61.9 cm³/mol. The van der Waals surface area contributed by atoms with Gasteiger partial charge in [-0.2, -0.15) is 0 Å². The summed E-state index contributed by atoms with van der Waals surface area (Å²) in [5.74, 6) is 1.31. The van der Waals surface area contributed by atoms with Gasteiger partial charge >= 0.3 is 0 Å². The molecule has 0 N–H and O–H groups in total. The maximum Gasteiger partial charge on any atom is 0.137 e. The summed E-state index contributed by atoms with van der Waals surface area (Å²) in [6.45, 7) is 3.77. The van der Waals surface area contributed by atoms with Gasteiger partial charge in [-0.25, -0.2) is 4.39 Å². The van der Waals surface area contributed by atoms with Gasteiger partial charge in [0.25, 0.3) is 0 Å². The maximum atomic E-state index is 13.4. The molecule has 0 fully saturated rings. The van der Waals surface area contributed by atoms with Gasteiger partial charge in [-0.3, -0.25) is 0 Å². The minimum absolute atomic E-state index is 0.181. The van der Waals surface area contributed by atoms with Gasteiger partial charge in [-0.05, 0) is 26.0 Å². The Labute approximate surface area is 97.8 Å². The summed E-state index contributed by atoms with van der Waals surface area (Å²) in [6, 6.07) is 6.77. The number of halogens is 1. The highest BCUT2D eigenvalue weighted by Crippen LogP contribution is 2.27. The van der Waals surface area contributed by atoms with Crippen molar-refractivity contribution in [3.63, 3.8) is 0 Å². The lowest BCUT2D eigenvalue weighted by Gasteiger charge is -2.02. The minimum atomic E-state index is -0.181. The summed E-state index contributed by atoms with van der Waals surface area (Å²) in [6.07, 6.45) is 0. The monoisotopic (exact) mass is 237 g/mol. The molecule has 2 rings (SSSR count). The molecule has 4 heteroatoms. The molecule has 0 amide bonds. The third-order valence-corrected chi connectivity index (χ3v) is 3.46. The van der Waals surface area contributed by atoms with E-state index in [4.69, 9.17) is 4.52 Å². The molecule has 0 aliphatic heterocycles. The minimum Gasteiger partial charge on any atom is -0.361 e. The first-order valence-corrected chi connectivity index (χ1v) is 5.96. The Morgan fingerprint density at radius 2 is 2.06 bits per heavy atom. The topological polar surface area (TPSA) is 26.0 Å². The van der Waals surface area contributed by atoms with Crippen LogP contribution in [0.2, 0.25) is 0 Å². The predicted octanol–water partition coefficient (Wildman–Crippen LogP) is 3.72. The number of thioether (sulfide) groups is 1. The Bertz CT molecular complexity index is 476. The van der Waals surface area contributed by atoms with Crippen molar-refractivity contribution in [2.45, 2.75) is 24.5 Å². The van der Waals surface area contributed by atoms with Crippen LogP contribution in [0.1, 0.15) is 17.0 Å². The molecule has 0 radical (unpaired) electrons. The van der Waals surface area contributed by atoms with E-state index < -0.39 is 0 Å². The summed E-state index contributed by atoms with van der Waals surface area (Å²) >= 11 is 1.46. The fourth-order valence-electron chi connectivity index (χ4n) is 1.42. The van der Waals surface area contributed by atoms with E-state index in [1.807, 2.05) is 19.9 Å². The van der Waals surface area contributed by atoms with Crippen LogP contribution in [0.5, 0.6) is 0 Å². The number of benzene rings is 1. The van der Waals surface area contributed by atoms with Crippen LogP contribution in [-0.4, -0.2) is 5.16 Å². The van der Waals surface area contributed by atoms with E-state index in [1.54, 1.807) is 12.1 Å². The van der Waals surface area contributed by atoms with Crippen molar-refractivity contribution in [3.8, 4) is 0 Å². The quantitative estimate of drug-likeness (QED) is 0.761. The number of nitrogens with zero attached hydrogens (tertiary/aromatic N) is 1. The molecule has 2 aromatic rings. The Balaban J connectivity index is 2.11. The molecule has 0 saturated heterocycles. The van der Waals surface area contributed by atoms with Crippen LogP contribution in [0.4, 0.5) is 4.39 Å². The van der Waals surface area contributed by atoms with Crippen LogP contribution in [0, 0.1) is 19.7 Å². The van der Waals surface area contributed by atoms with E-state index in [1.165, 1.54) is 17.8 Å². The van der Waals surface area contributed by atoms with Gasteiger partial charge in [0, 0.05) is 16.2 Å². The Kier molecular flexibility index (Phi) is 3.29. The van der Waals surface area contributed by atoms with E-state index in [0.717, 1.165) is 17.0 Å². The lowest BCUT2D eigenvalue weighted by atomic mass is 10.2. The molecule has 0 aliphatic rings. The number of hydrogen-bond acceptors (Lipinski definition) is 3. The normalized spacial score (nSPS) is 10.7. The first kappa shape index (κ1) is 11.2. The molecule has 0 spiro atoms. The fourth-order valence-corrected chi connectivity index (χ4v) is 2.51. The van der Waals surface area contributed by atoms with Crippen molar-refractivity contribution in [2.24, 2.45) is 0 Å². The van der Waals surface area contributed by atoms with Gasteiger partial charge in [-0.1, -0.05) is 17.3 Å². The summed E-state index contributed by atoms with van der Waals surface area (Å²) in [7, 11) is 0. The highest BCUT2D eigenvalue weighted by molar-refractivity contribution is 7.98. The second-order valence-electron chi connectivity index (χ2n) is 3.52. The summed E-state index contributed by atoms with van der Waals surface area (Å²) in [4.78, 5) is 0.655. The summed E-state index contributed by atoms with van der Waals surface area (Å²) in [5.41, 5.74) is 1.93. The van der Waals surface area contributed by atoms with Crippen LogP contribution >= 0.6 is 11.8 Å². The number of aromatic nitrogens is 1. The highest BCUT2D eigenvalue weighted by atomic mass is 32.2. The maximum absolute atomic E-state index is 13.4. The van der Waals surface area contributed by atoms with Gasteiger partial charge in [0.15, 0.2) is 0 Å². The van der Waals surface area contributed by atoms with Gasteiger partial charge in [0.2, 0.25) is 0 Å². The van der Waals surface area contributed by atoms with Crippen LogP contribution < -0.4 is 0 Å². The lowest BCUT2D eigenvalue weighted by Crippen LogP contribution is -1.86. The lowest BCUT2D eigenvalue weighted by molar-refractivity contribution is 0.392.